The Morgan fingerprint density at radius 3 is 2.88 bits per heavy atom. The monoisotopic (exact) mass is 239 g/mol. The Balaban J connectivity index is 2.24. The molecule has 17 heavy (non-hydrogen) atoms. The van der Waals surface area contributed by atoms with Crippen LogP contribution in [-0.4, -0.2) is 33.2 Å². The van der Waals surface area contributed by atoms with Gasteiger partial charge in [0.2, 0.25) is 0 Å². The van der Waals surface area contributed by atoms with Gasteiger partial charge in [-0.1, -0.05) is 5.21 Å². The van der Waals surface area contributed by atoms with Gasteiger partial charge in [-0.05, 0) is 25.7 Å². The predicted octanol–water partition coefficient (Wildman–Crippen LogP) is 1.02. The second-order valence-electron chi connectivity index (χ2n) is 4.51. The SMILES string of the molecule is COCc1c(CC(=O)O)nnn1C(C)C1CC1. The van der Waals surface area contributed by atoms with E-state index in [0.717, 1.165) is 5.69 Å². The molecule has 1 aromatic heterocycles. The van der Waals surface area contributed by atoms with Gasteiger partial charge in [0.05, 0.1) is 30.5 Å². The third kappa shape index (κ3) is 2.63. The van der Waals surface area contributed by atoms with E-state index < -0.39 is 5.97 Å². The van der Waals surface area contributed by atoms with Crippen molar-refractivity contribution in [3.05, 3.63) is 11.4 Å². The van der Waals surface area contributed by atoms with Crippen LogP contribution in [0.25, 0.3) is 0 Å². The molecule has 1 aliphatic carbocycles. The quantitative estimate of drug-likeness (QED) is 0.802. The Morgan fingerprint density at radius 2 is 2.35 bits per heavy atom. The topological polar surface area (TPSA) is 77.2 Å². The standard InChI is InChI=1S/C11H17N3O3/c1-7(8-3-4-8)14-10(6-17-2)9(12-13-14)5-11(15)16/h7-8H,3-6H2,1-2H3,(H,15,16). The fourth-order valence-electron chi connectivity index (χ4n) is 2.02. The lowest BCUT2D eigenvalue weighted by molar-refractivity contribution is -0.136. The van der Waals surface area contributed by atoms with E-state index in [4.69, 9.17) is 9.84 Å². The number of carbonyl (C=O) groups is 1. The molecule has 1 heterocycles. The van der Waals surface area contributed by atoms with Gasteiger partial charge in [0.15, 0.2) is 0 Å². The summed E-state index contributed by atoms with van der Waals surface area (Å²) in [6, 6.07) is 0.273. The van der Waals surface area contributed by atoms with Crippen molar-refractivity contribution in [2.45, 2.75) is 38.8 Å². The fraction of sp³-hybridized carbons (Fsp3) is 0.727. The van der Waals surface area contributed by atoms with Crippen molar-refractivity contribution in [1.29, 1.82) is 0 Å². The van der Waals surface area contributed by atoms with E-state index >= 15 is 0 Å². The average Bonchev–Trinajstić information content (AvgIpc) is 3.04. The molecule has 2 rings (SSSR count). The molecule has 1 aromatic rings. The highest BCUT2D eigenvalue weighted by atomic mass is 16.5. The van der Waals surface area contributed by atoms with Gasteiger partial charge in [0.25, 0.3) is 0 Å². The second-order valence-corrected chi connectivity index (χ2v) is 4.51. The number of carboxylic acid groups (broad SMARTS) is 1. The molecular formula is C11H17N3O3. The first kappa shape index (κ1) is 12.0. The molecule has 0 aromatic carbocycles. The van der Waals surface area contributed by atoms with E-state index in [1.807, 2.05) is 4.68 Å². The predicted molar refractivity (Wildman–Crippen MR) is 59.5 cm³/mol. The molecule has 1 aliphatic rings. The highest BCUT2D eigenvalue weighted by Crippen LogP contribution is 2.39. The maximum Gasteiger partial charge on any atom is 0.309 e. The summed E-state index contributed by atoms with van der Waals surface area (Å²) >= 11 is 0. The number of aromatic nitrogens is 3. The summed E-state index contributed by atoms with van der Waals surface area (Å²) in [5.41, 5.74) is 1.29. The molecular weight excluding hydrogens is 222 g/mol. The Bertz CT molecular complexity index is 412. The van der Waals surface area contributed by atoms with Crippen LogP contribution in [-0.2, 0) is 22.6 Å². The first-order valence-corrected chi connectivity index (χ1v) is 5.77. The summed E-state index contributed by atoms with van der Waals surface area (Å²) < 4.78 is 6.92. The zero-order chi connectivity index (χ0) is 12.4. The number of rotatable bonds is 6. The van der Waals surface area contributed by atoms with E-state index in [1.54, 1.807) is 7.11 Å². The lowest BCUT2D eigenvalue weighted by Crippen LogP contribution is -2.14. The van der Waals surface area contributed by atoms with Crippen LogP contribution >= 0.6 is 0 Å². The van der Waals surface area contributed by atoms with Gasteiger partial charge >= 0.3 is 5.97 Å². The van der Waals surface area contributed by atoms with Gasteiger partial charge in [0.1, 0.15) is 0 Å². The highest BCUT2D eigenvalue weighted by molar-refractivity contribution is 5.69. The number of hydrogen-bond acceptors (Lipinski definition) is 4. The summed E-state index contributed by atoms with van der Waals surface area (Å²) in [6.07, 6.45) is 2.32. The Labute approximate surface area is 99.6 Å². The second kappa shape index (κ2) is 4.83. The van der Waals surface area contributed by atoms with E-state index in [2.05, 4.69) is 17.2 Å². The zero-order valence-corrected chi connectivity index (χ0v) is 10.1. The minimum Gasteiger partial charge on any atom is -0.481 e. The minimum atomic E-state index is -0.895. The molecule has 1 atom stereocenters. The molecule has 1 N–H and O–H groups in total. The van der Waals surface area contributed by atoms with Crippen molar-refractivity contribution in [2.75, 3.05) is 7.11 Å². The van der Waals surface area contributed by atoms with Crippen LogP contribution in [0.3, 0.4) is 0 Å². The maximum atomic E-state index is 10.7. The third-order valence-corrected chi connectivity index (χ3v) is 3.16. The minimum absolute atomic E-state index is 0.101. The number of aliphatic carboxylic acids is 1. The number of carboxylic acids is 1. The molecule has 0 saturated heterocycles. The highest BCUT2D eigenvalue weighted by Gasteiger charge is 2.32. The van der Waals surface area contributed by atoms with E-state index in [-0.39, 0.29) is 12.5 Å². The molecule has 0 aliphatic heterocycles. The van der Waals surface area contributed by atoms with Crippen LogP contribution in [0.4, 0.5) is 0 Å². The summed E-state index contributed by atoms with van der Waals surface area (Å²) in [4.78, 5) is 10.7. The van der Waals surface area contributed by atoms with Crippen LogP contribution in [0.5, 0.6) is 0 Å². The van der Waals surface area contributed by atoms with Gasteiger partial charge < -0.3 is 9.84 Å². The molecule has 1 unspecified atom stereocenters. The lowest BCUT2D eigenvalue weighted by Gasteiger charge is -2.13. The summed E-state index contributed by atoms with van der Waals surface area (Å²) in [5, 5.41) is 16.8. The summed E-state index contributed by atoms with van der Waals surface area (Å²) in [6.45, 7) is 2.45. The van der Waals surface area contributed by atoms with Crippen molar-refractivity contribution < 1.29 is 14.6 Å². The molecule has 0 spiro atoms. The van der Waals surface area contributed by atoms with E-state index in [9.17, 15) is 4.79 Å². The van der Waals surface area contributed by atoms with Crippen LogP contribution in [0.2, 0.25) is 0 Å². The van der Waals surface area contributed by atoms with Crippen LogP contribution in [0, 0.1) is 5.92 Å². The maximum absolute atomic E-state index is 10.7. The van der Waals surface area contributed by atoms with Gasteiger partial charge in [-0.15, -0.1) is 5.10 Å². The molecule has 0 bridgehead atoms. The van der Waals surface area contributed by atoms with Crippen LogP contribution in [0.1, 0.15) is 37.2 Å². The smallest absolute Gasteiger partial charge is 0.309 e. The number of ether oxygens (including phenoxy) is 1. The Kier molecular flexibility index (Phi) is 3.42. The normalized spacial score (nSPS) is 17.1. The summed E-state index contributed by atoms with van der Waals surface area (Å²) in [5.74, 6) is -0.251. The van der Waals surface area contributed by atoms with Crippen molar-refractivity contribution in [2.24, 2.45) is 5.92 Å². The first-order chi connectivity index (χ1) is 8.13. The van der Waals surface area contributed by atoms with Crippen LogP contribution in [0.15, 0.2) is 0 Å². The van der Waals surface area contributed by atoms with Gasteiger partial charge in [-0.2, -0.15) is 0 Å². The van der Waals surface area contributed by atoms with Crippen molar-refractivity contribution in [3.63, 3.8) is 0 Å². The Morgan fingerprint density at radius 1 is 1.65 bits per heavy atom. The van der Waals surface area contributed by atoms with Crippen molar-refractivity contribution >= 4 is 5.97 Å². The third-order valence-electron chi connectivity index (χ3n) is 3.16. The van der Waals surface area contributed by atoms with Crippen molar-refractivity contribution in [3.8, 4) is 0 Å². The molecule has 1 fully saturated rings. The number of methoxy groups -OCH3 is 1. The van der Waals surface area contributed by atoms with Gasteiger partial charge in [-0.3, -0.25) is 4.79 Å². The van der Waals surface area contributed by atoms with Gasteiger partial charge in [0, 0.05) is 7.11 Å². The zero-order valence-electron chi connectivity index (χ0n) is 10.1. The molecule has 0 amide bonds. The molecule has 1 saturated carbocycles. The molecule has 0 radical (unpaired) electrons. The first-order valence-electron chi connectivity index (χ1n) is 5.77. The molecule has 6 nitrogen and oxygen atoms in total. The average molecular weight is 239 g/mol. The number of nitrogens with zero attached hydrogens (tertiary/aromatic N) is 3. The van der Waals surface area contributed by atoms with Crippen LogP contribution < -0.4 is 0 Å². The Hall–Kier alpha value is -1.43. The molecule has 6 heteroatoms. The van der Waals surface area contributed by atoms with Gasteiger partial charge in [-0.25, -0.2) is 4.68 Å². The van der Waals surface area contributed by atoms with E-state index in [0.29, 0.717) is 18.2 Å². The lowest BCUT2D eigenvalue weighted by atomic mass is 10.2. The van der Waals surface area contributed by atoms with E-state index in [1.165, 1.54) is 12.8 Å². The summed E-state index contributed by atoms with van der Waals surface area (Å²) in [7, 11) is 1.59. The molecule has 94 valence electrons. The number of hydrogen-bond donors (Lipinski definition) is 1. The fourth-order valence-corrected chi connectivity index (χ4v) is 2.02. The largest absolute Gasteiger partial charge is 0.481 e. The van der Waals surface area contributed by atoms with Crippen molar-refractivity contribution in [1.82, 2.24) is 15.0 Å².